The highest BCUT2D eigenvalue weighted by Crippen LogP contribution is 2.17. The zero-order valence-corrected chi connectivity index (χ0v) is 11.7. The lowest BCUT2D eigenvalue weighted by atomic mass is 9.95. The fourth-order valence-corrected chi connectivity index (χ4v) is 2.47. The number of benzene rings is 1. The quantitative estimate of drug-likeness (QED) is 0.867. The Morgan fingerprint density at radius 3 is 2.85 bits per heavy atom. The Balaban J connectivity index is 1.70. The van der Waals surface area contributed by atoms with Crippen molar-refractivity contribution in [2.75, 3.05) is 5.32 Å². The van der Waals surface area contributed by atoms with Crippen molar-refractivity contribution in [2.45, 2.75) is 25.9 Å². The van der Waals surface area contributed by atoms with E-state index in [1.807, 2.05) is 32.2 Å². The number of aromatic nitrogens is 2. The Morgan fingerprint density at radius 2 is 2.15 bits per heavy atom. The molecule has 104 valence electrons. The van der Waals surface area contributed by atoms with Gasteiger partial charge in [0.2, 0.25) is 5.91 Å². The van der Waals surface area contributed by atoms with E-state index in [0.29, 0.717) is 12.2 Å². The minimum absolute atomic E-state index is 0.0300. The van der Waals surface area contributed by atoms with Crippen LogP contribution in [0.1, 0.15) is 16.8 Å². The molecule has 1 aliphatic heterocycles. The normalized spacial score (nSPS) is 17.6. The van der Waals surface area contributed by atoms with E-state index in [0.717, 1.165) is 12.2 Å². The van der Waals surface area contributed by atoms with E-state index < -0.39 is 0 Å². The molecule has 0 aliphatic carbocycles. The molecule has 2 aromatic rings. The lowest BCUT2D eigenvalue weighted by Gasteiger charge is -2.24. The number of rotatable bonds is 2. The Bertz CT molecular complexity index is 628. The van der Waals surface area contributed by atoms with Crippen molar-refractivity contribution in [2.24, 2.45) is 7.05 Å². The summed E-state index contributed by atoms with van der Waals surface area (Å²) in [7, 11) is 1.86. The summed E-state index contributed by atoms with van der Waals surface area (Å²) in [6, 6.07) is 9.89. The van der Waals surface area contributed by atoms with Crippen molar-refractivity contribution in [3.05, 3.63) is 47.2 Å². The average molecular weight is 270 g/mol. The zero-order valence-electron chi connectivity index (χ0n) is 11.7. The molecular weight excluding hydrogens is 252 g/mol. The molecule has 0 radical (unpaired) electrons. The molecule has 0 fully saturated rings. The van der Waals surface area contributed by atoms with Gasteiger partial charge in [-0.3, -0.25) is 9.48 Å². The Morgan fingerprint density at radius 1 is 1.40 bits per heavy atom. The summed E-state index contributed by atoms with van der Waals surface area (Å²) in [5.41, 5.74) is 3.52. The fraction of sp³-hybridized carbons (Fsp3) is 0.333. The van der Waals surface area contributed by atoms with E-state index >= 15 is 0 Å². The Labute approximate surface area is 118 Å². The van der Waals surface area contributed by atoms with E-state index in [4.69, 9.17) is 0 Å². The van der Waals surface area contributed by atoms with Crippen molar-refractivity contribution in [1.29, 1.82) is 0 Å². The summed E-state index contributed by atoms with van der Waals surface area (Å²) in [5, 5.41) is 10.4. The first-order valence-electron chi connectivity index (χ1n) is 6.75. The van der Waals surface area contributed by atoms with Crippen LogP contribution in [0.2, 0.25) is 0 Å². The number of hydrogen-bond acceptors (Lipinski definition) is 3. The van der Waals surface area contributed by atoms with Crippen molar-refractivity contribution in [1.82, 2.24) is 15.1 Å². The standard InChI is InChI=1S/C15H18N4O/c1-10-7-14(18-19(10)2)17-15(20)13-8-11-5-3-4-6-12(11)9-16-13/h3-7,13,16H,8-9H2,1-2H3,(H,17,18,20). The van der Waals surface area contributed by atoms with Gasteiger partial charge in [-0.05, 0) is 24.5 Å². The second kappa shape index (κ2) is 5.09. The van der Waals surface area contributed by atoms with Crippen LogP contribution in [0, 0.1) is 6.92 Å². The van der Waals surface area contributed by atoms with Gasteiger partial charge in [0.15, 0.2) is 5.82 Å². The van der Waals surface area contributed by atoms with Gasteiger partial charge in [0.1, 0.15) is 0 Å². The number of carbonyl (C=O) groups excluding carboxylic acids is 1. The number of anilines is 1. The lowest BCUT2D eigenvalue weighted by Crippen LogP contribution is -2.44. The first-order chi connectivity index (χ1) is 9.63. The third-order valence-electron chi connectivity index (χ3n) is 3.76. The van der Waals surface area contributed by atoms with Gasteiger partial charge < -0.3 is 10.6 Å². The molecule has 5 heteroatoms. The van der Waals surface area contributed by atoms with E-state index in [1.165, 1.54) is 11.1 Å². The van der Waals surface area contributed by atoms with Crippen LogP contribution in [0.15, 0.2) is 30.3 Å². The molecule has 0 spiro atoms. The molecule has 1 amide bonds. The highest BCUT2D eigenvalue weighted by atomic mass is 16.2. The van der Waals surface area contributed by atoms with Crippen molar-refractivity contribution in [3.63, 3.8) is 0 Å². The van der Waals surface area contributed by atoms with Crippen molar-refractivity contribution >= 4 is 11.7 Å². The van der Waals surface area contributed by atoms with Crippen molar-refractivity contribution < 1.29 is 4.79 Å². The van der Waals surface area contributed by atoms with Gasteiger partial charge in [0.25, 0.3) is 0 Å². The predicted molar refractivity (Wildman–Crippen MR) is 77.3 cm³/mol. The second-order valence-corrected chi connectivity index (χ2v) is 5.19. The van der Waals surface area contributed by atoms with Crippen LogP contribution in [0.4, 0.5) is 5.82 Å². The first-order valence-corrected chi connectivity index (χ1v) is 6.75. The van der Waals surface area contributed by atoms with Crippen LogP contribution in [0.25, 0.3) is 0 Å². The van der Waals surface area contributed by atoms with Gasteiger partial charge in [0, 0.05) is 25.4 Å². The van der Waals surface area contributed by atoms with Crippen LogP contribution in [-0.4, -0.2) is 21.7 Å². The van der Waals surface area contributed by atoms with E-state index in [2.05, 4.69) is 27.9 Å². The predicted octanol–water partition coefficient (Wildman–Crippen LogP) is 1.38. The fourth-order valence-electron chi connectivity index (χ4n) is 2.47. The molecule has 0 bridgehead atoms. The summed E-state index contributed by atoms with van der Waals surface area (Å²) in [6.45, 7) is 2.69. The summed E-state index contributed by atoms with van der Waals surface area (Å²) in [4.78, 5) is 12.3. The number of nitrogens with one attached hydrogen (secondary N) is 2. The zero-order chi connectivity index (χ0) is 14.1. The topological polar surface area (TPSA) is 59.0 Å². The molecule has 20 heavy (non-hydrogen) atoms. The van der Waals surface area contributed by atoms with Crippen LogP contribution in [-0.2, 0) is 24.8 Å². The van der Waals surface area contributed by atoms with Crippen LogP contribution >= 0.6 is 0 Å². The molecule has 1 aromatic heterocycles. The van der Waals surface area contributed by atoms with E-state index in [9.17, 15) is 4.79 Å². The SMILES string of the molecule is Cc1cc(NC(=O)C2Cc3ccccc3CN2)nn1C. The molecule has 5 nitrogen and oxygen atoms in total. The first kappa shape index (κ1) is 12.9. The molecule has 0 saturated heterocycles. The van der Waals surface area contributed by atoms with E-state index in [1.54, 1.807) is 4.68 Å². The smallest absolute Gasteiger partial charge is 0.243 e. The van der Waals surface area contributed by atoms with Crippen molar-refractivity contribution in [3.8, 4) is 0 Å². The number of amides is 1. The molecule has 1 atom stereocenters. The molecule has 2 N–H and O–H groups in total. The number of carbonyl (C=O) groups is 1. The van der Waals surface area contributed by atoms with Gasteiger partial charge in [-0.25, -0.2) is 0 Å². The summed E-state index contributed by atoms with van der Waals surface area (Å²) in [5.74, 6) is 0.577. The lowest BCUT2D eigenvalue weighted by molar-refractivity contribution is -0.118. The molecule has 1 aliphatic rings. The molecule has 0 saturated carbocycles. The molecule has 1 unspecified atom stereocenters. The maximum Gasteiger partial charge on any atom is 0.243 e. The summed E-state index contributed by atoms with van der Waals surface area (Å²) < 4.78 is 1.75. The Kier molecular flexibility index (Phi) is 3.28. The summed E-state index contributed by atoms with van der Waals surface area (Å²) in [6.07, 6.45) is 0.716. The van der Waals surface area contributed by atoms with Gasteiger partial charge in [-0.15, -0.1) is 0 Å². The maximum atomic E-state index is 12.3. The van der Waals surface area contributed by atoms with Crippen LogP contribution in [0.3, 0.4) is 0 Å². The van der Waals surface area contributed by atoms with Gasteiger partial charge >= 0.3 is 0 Å². The van der Waals surface area contributed by atoms with Crippen LogP contribution < -0.4 is 10.6 Å². The molecule has 2 heterocycles. The minimum atomic E-state index is -0.202. The number of aryl methyl sites for hydroxylation is 2. The maximum absolute atomic E-state index is 12.3. The Hall–Kier alpha value is -2.14. The van der Waals surface area contributed by atoms with Crippen LogP contribution in [0.5, 0.6) is 0 Å². The molecule has 3 rings (SSSR count). The summed E-state index contributed by atoms with van der Waals surface area (Å²) >= 11 is 0. The van der Waals surface area contributed by atoms with Gasteiger partial charge in [0.05, 0.1) is 6.04 Å². The molecule has 1 aromatic carbocycles. The molecular formula is C15H18N4O. The highest BCUT2D eigenvalue weighted by molar-refractivity contribution is 5.94. The largest absolute Gasteiger partial charge is 0.308 e. The van der Waals surface area contributed by atoms with E-state index in [-0.39, 0.29) is 11.9 Å². The third kappa shape index (κ3) is 2.44. The monoisotopic (exact) mass is 270 g/mol. The van der Waals surface area contributed by atoms with Gasteiger partial charge in [-0.1, -0.05) is 24.3 Å². The minimum Gasteiger partial charge on any atom is -0.308 e. The number of fused-ring (bicyclic) bond motifs is 1. The second-order valence-electron chi connectivity index (χ2n) is 5.19. The highest BCUT2D eigenvalue weighted by Gasteiger charge is 2.24. The van der Waals surface area contributed by atoms with Gasteiger partial charge in [-0.2, -0.15) is 5.10 Å². The third-order valence-corrected chi connectivity index (χ3v) is 3.76. The average Bonchev–Trinajstić information content (AvgIpc) is 2.76. The number of hydrogen-bond donors (Lipinski definition) is 2. The number of nitrogens with zero attached hydrogens (tertiary/aromatic N) is 2.